The van der Waals surface area contributed by atoms with Crippen LogP contribution in [0.15, 0.2) is 48.5 Å². The lowest BCUT2D eigenvalue weighted by atomic mass is 10.0. The van der Waals surface area contributed by atoms with Crippen molar-refractivity contribution in [3.05, 3.63) is 59.7 Å². The minimum atomic E-state index is -4.36. The average molecular weight is 433 g/mol. The molecule has 0 bridgehead atoms. The monoisotopic (exact) mass is 432 g/mol. The summed E-state index contributed by atoms with van der Waals surface area (Å²) in [7, 11) is 4.99. The number of benzene rings is 2. The van der Waals surface area contributed by atoms with Crippen LogP contribution in [0.5, 0.6) is 11.5 Å². The first kappa shape index (κ1) is 24.6. The van der Waals surface area contributed by atoms with E-state index < -0.39 is 17.8 Å². The van der Waals surface area contributed by atoms with Crippen LogP contribution in [0.1, 0.15) is 23.6 Å². The van der Waals surface area contributed by atoms with Crippen LogP contribution in [-0.2, 0) is 6.18 Å². The molecule has 0 aliphatic rings. The lowest BCUT2D eigenvalue weighted by Crippen LogP contribution is -2.25. The standard InChI is InChI=1S/C20H23F3N2O3.ClH/c1-24-18(14-5-4-6-17(13-14)28-19(26)25(2)3)11-12-27-16-9-7-15(8-10-16)20(21,22)23;/h4-10,13,18,24H,11-12H2,1-3H3;1H. The fourth-order valence-corrected chi connectivity index (χ4v) is 2.50. The van der Waals surface area contributed by atoms with E-state index in [4.69, 9.17) is 9.47 Å². The van der Waals surface area contributed by atoms with Crippen LogP contribution in [-0.4, -0.2) is 38.7 Å². The summed E-state index contributed by atoms with van der Waals surface area (Å²) >= 11 is 0. The number of halogens is 4. The van der Waals surface area contributed by atoms with Crippen LogP contribution in [0.3, 0.4) is 0 Å². The highest BCUT2D eigenvalue weighted by atomic mass is 35.5. The molecule has 0 spiro atoms. The predicted molar refractivity (Wildman–Crippen MR) is 107 cm³/mol. The molecule has 2 rings (SSSR count). The Balaban J connectivity index is 0.00000420. The minimum Gasteiger partial charge on any atom is -0.494 e. The summed E-state index contributed by atoms with van der Waals surface area (Å²) in [6, 6.07) is 11.7. The summed E-state index contributed by atoms with van der Waals surface area (Å²) in [4.78, 5) is 13.0. The van der Waals surface area contributed by atoms with Crippen molar-refractivity contribution in [3.63, 3.8) is 0 Å². The van der Waals surface area contributed by atoms with E-state index in [-0.39, 0.29) is 18.4 Å². The van der Waals surface area contributed by atoms with Crippen LogP contribution in [0.4, 0.5) is 18.0 Å². The molecular formula is C20H24ClF3N2O3. The molecule has 1 unspecified atom stereocenters. The van der Waals surface area contributed by atoms with E-state index in [0.717, 1.165) is 17.7 Å². The molecule has 0 saturated carbocycles. The van der Waals surface area contributed by atoms with Gasteiger partial charge in [-0.05, 0) is 49.0 Å². The second-order valence-electron chi connectivity index (χ2n) is 6.34. The highest BCUT2D eigenvalue weighted by Gasteiger charge is 2.30. The van der Waals surface area contributed by atoms with Gasteiger partial charge in [0.1, 0.15) is 11.5 Å². The normalized spacial score (nSPS) is 11.9. The number of alkyl halides is 3. The quantitative estimate of drug-likeness (QED) is 0.675. The number of nitrogens with one attached hydrogen (secondary N) is 1. The molecule has 1 N–H and O–H groups in total. The largest absolute Gasteiger partial charge is 0.494 e. The second-order valence-corrected chi connectivity index (χ2v) is 6.34. The van der Waals surface area contributed by atoms with Gasteiger partial charge in [0.2, 0.25) is 0 Å². The van der Waals surface area contributed by atoms with Crippen LogP contribution >= 0.6 is 12.4 Å². The van der Waals surface area contributed by atoms with Crippen molar-refractivity contribution in [3.8, 4) is 11.5 Å². The number of rotatable bonds is 7. The van der Waals surface area contributed by atoms with Crippen molar-refractivity contribution < 1.29 is 27.4 Å². The van der Waals surface area contributed by atoms with Gasteiger partial charge in [0.25, 0.3) is 0 Å². The lowest BCUT2D eigenvalue weighted by molar-refractivity contribution is -0.137. The smallest absolute Gasteiger partial charge is 0.416 e. The molecule has 1 amide bonds. The third-order valence-corrected chi connectivity index (χ3v) is 4.04. The number of hydrogen-bond donors (Lipinski definition) is 1. The van der Waals surface area contributed by atoms with Gasteiger partial charge in [-0.25, -0.2) is 4.79 Å². The summed E-state index contributed by atoms with van der Waals surface area (Å²) in [6.45, 7) is 0.304. The van der Waals surface area contributed by atoms with Gasteiger partial charge in [-0.15, -0.1) is 12.4 Å². The summed E-state index contributed by atoms with van der Waals surface area (Å²) in [5.74, 6) is 0.802. The number of hydrogen-bond acceptors (Lipinski definition) is 4. The first-order chi connectivity index (χ1) is 13.2. The zero-order valence-corrected chi connectivity index (χ0v) is 17.1. The van der Waals surface area contributed by atoms with E-state index in [1.807, 2.05) is 6.07 Å². The van der Waals surface area contributed by atoms with Gasteiger partial charge in [0.15, 0.2) is 0 Å². The summed E-state index contributed by atoms with van der Waals surface area (Å²) in [5.41, 5.74) is 0.194. The third-order valence-electron chi connectivity index (χ3n) is 4.04. The van der Waals surface area contributed by atoms with Crippen LogP contribution < -0.4 is 14.8 Å². The zero-order chi connectivity index (χ0) is 20.7. The van der Waals surface area contributed by atoms with E-state index in [9.17, 15) is 18.0 Å². The molecule has 0 aliphatic heterocycles. The van der Waals surface area contributed by atoms with Crippen molar-refractivity contribution in [1.82, 2.24) is 10.2 Å². The highest BCUT2D eigenvalue weighted by Crippen LogP contribution is 2.30. The first-order valence-electron chi connectivity index (χ1n) is 8.67. The molecule has 2 aromatic carbocycles. The lowest BCUT2D eigenvalue weighted by Gasteiger charge is -2.18. The molecule has 160 valence electrons. The van der Waals surface area contributed by atoms with Crippen molar-refractivity contribution in [1.29, 1.82) is 0 Å². The summed E-state index contributed by atoms with van der Waals surface area (Å²) in [6.07, 6.45) is -4.26. The Morgan fingerprint density at radius 2 is 1.76 bits per heavy atom. The Hall–Kier alpha value is -2.45. The van der Waals surface area contributed by atoms with E-state index in [1.165, 1.54) is 17.0 Å². The maximum Gasteiger partial charge on any atom is 0.416 e. The van der Waals surface area contributed by atoms with Gasteiger partial charge >= 0.3 is 12.3 Å². The highest BCUT2D eigenvalue weighted by molar-refractivity contribution is 5.85. The van der Waals surface area contributed by atoms with Gasteiger partial charge in [0, 0.05) is 26.6 Å². The van der Waals surface area contributed by atoms with E-state index in [2.05, 4.69) is 5.32 Å². The molecule has 1 atom stereocenters. The number of ether oxygens (including phenoxy) is 2. The molecule has 9 heteroatoms. The molecule has 0 saturated heterocycles. The minimum absolute atomic E-state index is 0. The molecule has 5 nitrogen and oxygen atoms in total. The predicted octanol–water partition coefficient (Wildman–Crippen LogP) is 4.92. The molecule has 2 aromatic rings. The van der Waals surface area contributed by atoms with Gasteiger partial charge in [-0.1, -0.05) is 12.1 Å². The van der Waals surface area contributed by atoms with E-state index in [0.29, 0.717) is 24.5 Å². The van der Waals surface area contributed by atoms with Gasteiger partial charge in [0.05, 0.1) is 12.2 Å². The molecule has 0 fully saturated rings. The Bertz CT molecular complexity index is 783. The topological polar surface area (TPSA) is 50.8 Å². The van der Waals surface area contributed by atoms with Gasteiger partial charge < -0.3 is 19.7 Å². The maximum atomic E-state index is 12.6. The summed E-state index contributed by atoms with van der Waals surface area (Å²) < 4.78 is 48.6. The molecule has 0 aromatic heterocycles. The molecule has 0 heterocycles. The van der Waals surface area contributed by atoms with Gasteiger partial charge in [-0.3, -0.25) is 0 Å². The number of nitrogens with zero attached hydrogens (tertiary/aromatic N) is 1. The van der Waals surface area contributed by atoms with Crippen molar-refractivity contribution in [2.75, 3.05) is 27.7 Å². The van der Waals surface area contributed by atoms with E-state index in [1.54, 1.807) is 39.3 Å². The Kier molecular flexibility index (Phi) is 9.26. The fraction of sp³-hybridized carbons (Fsp3) is 0.350. The molecule has 0 aliphatic carbocycles. The summed E-state index contributed by atoms with van der Waals surface area (Å²) in [5, 5.41) is 3.16. The number of carbonyl (C=O) groups excluding carboxylic acids is 1. The van der Waals surface area contributed by atoms with Crippen LogP contribution in [0.2, 0.25) is 0 Å². The zero-order valence-electron chi connectivity index (χ0n) is 16.3. The van der Waals surface area contributed by atoms with E-state index >= 15 is 0 Å². The Morgan fingerprint density at radius 3 is 2.31 bits per heavy atom. The Morgan fingerprint density at radius 1 is 1.10 bits per heavy atom. The molecule has 29 heavy (non-hydrogen) atoms. The van der Waals surface area contributed by atoms with Crippen LogP contribution in [0, 0.1) is 0 Å². The van der Waals surface area contributed by atoms with Gasteiger partial charge in [-0.2, -0.15) is 13.2 Å². The molecular weight excluding hydrogens is 409 g/mol. The first-order valence-corrected chi connectivity index (χ1v) is 8.67. The number of carbonyl (C=O) groups is 1. The second kappa shape index (κ2) is 10.9. The SMILES string of the molecule is CNC(CCOc1ccc(C(F)(F)F)cc1)c1cccc(OC(=O)N(C)C)c1.Cl. The average Bonchev–Trinajstić information content (AvgIpc) is 2.65. The maximum absolute atomic E-state index is 12.6. The third kappa shape index (κ3) is 7.47. The molecule has 0 radical (unpaired) electrons. The van der Waals surface area contributed by atoms with Crippen molar-refractivity contribution >= 4 is 18.5 Å². The fourth-order valence-electron chi connectivity index (χ4n) is 2.50. The number of amides is 1. The van der Waals surface area contributed by atoms with Crippen molar-refractivity contribution in [2.45, 2.75) is 18.6 Å². The van der Waals surface area contributed by atoms with Crippen molar-refractivity contribution in [2.24, 2.45) is 0 Å². The van der Waals surface area contributed by atoms with Crippen LogP contribution in [0.25, 0.3) is 0 Å². The Labute approximate surface area is 174 Å².